The van der Waals surface area contributed by atoms with Crippen LogP contribution < -0.4 is 5.84 Å². The molecule has 0 bridgehead atoms. The van der Waals surface area contributed by atoms with Crippen LogP contribution in [-0.2, 0) is 16.8 Å². The maximum Gasteiger partial charge on any atom is 0.233 e. The van der Waals surface area contributed by atoms with Crippen molar-refractivity contribution in [3.05, 3.63) is 53.9 Å². The van der Waals surface area contributed by atoms with Gasteiger partial charge in [-0.15, -0.1) is 10.2 Å². The van der Waals surface area contributed by atoms with Gasteiger partial charge in [-0.25, -0.2) is 4.68 Å². The molecule has 1 saturated heterocycles. The molecule has 1 amide bonds. The van der Waals surface area contributed by atoms with E-state index < -0.39 is 0 Å². The van der Waals surface area contributed by atoms with Crippen LogP contribution in [0.3, 0.4) is 0 Å². The summed E-state index contributed by atoms with van der Waals surface area (Å²) in [7, 11) is 0. The molecule has 1 aliphatic rings. The summed E-state index contributed by atoms with van der Waals surface area (Å²) in [6.07, 6.45) is 0. The Bertz CT molecular complexity index is 1060. The fourth-order valence-corrected chi connectivity index (χ4v) is 4.69. The fourth-order valence-electron chi connectivity index (χ4n) is 3.93. The Kier molecular flexibility index (Phi) is 6.20. The van der Waals surface area contributed by atoms with E-state index in [1.54, 1.807) is 0 Å². The van der Waals surface area contributed by atoms with Gasteiger partial charge in [0.05, 0.1) is 5.75 Å². The van der Waals surface area contributed by atoms with Crippen molar-refractivity contribution in [2.45, 2.75) is 37.9 Å². The molecule has 0 atom stereocenters. The summed E-state index contributed by atoms with van der Waals surface area (Å²) in [6.45, 7) is 10.3. The first-order valence-corrected chi connectivity index (χ1v) is 11.6. The summed E-state index contributed by atoms with van der Waals surface area (Å²) in [5, 5.41) is 11.5. The summed E-state index contributed by atoms with van der Waals surface area (Å²) in [5.74, 6) is 7.28. The minimum absolute atomic E-state index is 0.120. The minimum Gasteiger partial charge on any atom is -0.339 e. The Hall–Kier alpha value is -2.58. The van der Waals surface area contributed by atoms with Crippen LogP contribution in [0.1, 0.15) is 32.2 Å². The summed E-state index contributed by atoms with van der Waals surface area (Å²) < 4.78 is 1.50. The number of hydrogen-bond donors (Lipinski definition) is 1. The molecular formula is C23H30N6OS. The first-order chi connectivity index (χ1) is 14.8. The van der Waals surface area contributed by atoms with Gasteiger partial charge in [-0.2, -0.15) is 0 Å². The zero-order valence-electron chi connectivity index (χ0n) is 18.4. The Balaban J connectivity index is 1.30. The summed E-state index contributed by atoms with van der Waals surface area (Å²) in [5.41, 5.74) is 1.15. The van der Waals surface area contributed by atoms with Crippen LogP contribution in [0.2, 0.25) is 0 Å². The number of piperazine rings is 1. The molecule has 7 nitrogen and oxygen atoms in total. The van der Waals surface area contributed by atoms with Gasteiger partial charge in [-0.05, 0) is 16.3 Å². The summed E-state index contributed by atoms with van der Waals surface area (Å²) in [6, 6.07) is 15.0. The lowest BCUT2D eigenvalue weighted by Gasteiger charge is -2.35. The normalized spacial score (nSPS) is 15.5. The number of benzene rings is 2. The van der Waals surface area contributed by atoms with E-state index in [0.717, 1.165) is 32.7 Å². The first-order valence-electron chi connectivity index (χ1n) is 10.6. The zero-order valence-corrected chi connectivity index (χ0v) is 19.2. The van der Waals surface area contributed by atoms with Crippen LogP contribution in [-0.4, -0.2) is 62.5 Å². The summed E-state index contributed by atoms with van der Waals surface area (Å²) in [4.78, 5) is 17.1. The predicted octanol–water partition coefficient (Wildman–Crippen LogP) is 2.88. The largest absolute Gasteiger partial charge is 0.339 e. The number of thioether (sulfide) groups is 1. The van der Waals surface area contributed by atoms with E-state index in [0.29, 0.717) is 16.7 Å². The van der Waals surface area contributed by atoms with E-state index in [2.05, 4.69) is 57.6 Å². The molecule has 0 saturated carbocycles. The SMILES string of the molecule is CC(C)(C)c1nnc(SCC(=O)N2CCN(Cc3cccc4ccccc34)CC2)n1N. The highest BCUT2D eigenvalue weighted by Crippen LogP contribution is 2.24. The Morgan fingerprint density at radius 1 is 1.03 bits per heavy atom. The molecule has 0 aliphatic carbocycles. The molecule has 0 spiro atoms. The molecule has 1 fully saturated rings. The third-order valence-electron chi connectivity index (χ3n) is 5.66. The van der Waals surface area contributed by atoms with Crippen molar-refractivity contribution in [3.8, 4) is 0 Å². The van der Waals surface area contributed by atoms with E-state index in [1.165, 1.54) is 32.8 Å². The molecule has 0 radical (unpaired) electrons. The number of nitrogens with zero attached hydrogens (tertiary/aromatic N) is 5. The zero-order chi connectivity index (χ0) is 22.0. The lowest BCUT2D eigenvalue weighted by atomic mass is 9.96. The quantitative estimate of drug-likeness (QED) is 0.487. The average Bonchev–Trinajstić information content (AvgIpc) is 3.13. The second-order valence-electron chi connectivity index (χ2n) is 9.01. The van der Waals surface area contributed by atoms with Crippen molar-refractivity contribution < 1.29 is 4.79 Å². The number of fused-ring (bicyclic) bond motifs is 1. The number of hydrogen-bond acceptors (Lipinski definition) is 6. The highest BCUT2D eigenvalue weighted by atomic mass is 32.2. The molecule has 2 aromatic carbocycles. The lowest BCUT2D eigenvalue weighted by Crippen LogP contribution is -2.48. The van der Waals surface area contributed by atoms with Crippen molar-refractivity contribution in [1.82, 2.24) is 24.7 Å². The van der Waals surface area contributed by atoms with Crippen LogP contribution in [0.5, 0.6) is 0 Å². The number of aromatic nitrogens is 3. The minimum atomic E-state index is -0.190. The maximum atomic E-state index is 12.7. The van der Waals surface area contributed by atoms with Gasteiger partial charge < -0.3 is 10.7 Å². The molecule has 2 heterocycles. The molecule has 4 rings (SSSR count). The van der Waals surface area contributed by atoms with Crippen molar-refractivity contribution in [1.29, 1.82) is 0 Å². The lowest BCUT2D eigenvalue weighted by molar-refractivity contribution is -0.130. The molecule has 2 N–H and O–H groups in total. The molecule has 3 aromatic rings. The maximum absolute atomic E-state index is 12.7. The van der Waals surface area contributed by atoms with Crippen LogP contribution in [0.25, 0.3) is 10.8 Å². The van der Waals surface area contributed by atoms with Gasteiger partial charge in [0.25, 0.3) is 0 Å². The Labute approximate surface area is 187 Å². The second-order valence-corrected chi connectivity index (χ2v) is 9.95. The standard InChI is InChI=1S/C23H30N6OS/c1-23(2,3)21-25-26-22(29(21)24)31-16-20(30)28-13-11-27(12-14-28)15-18-9-6-8-17-7-4-5-10-19(17)18/h4-10H,11-16,24H2,1-3H3. The molecule has 0 unspecified atom stereocenters. The number of nitrogens with two attached hydrogens (primary N) is 1. The Morgan fingerprint density at radius 2 is 1.74 bits per heavy atom. The molecule has 164 valence electrons. The van der Waals surface area contributed by atoms with Crippen molar-refractivity contribution in [2.24, 2.45) is 0 Å². The highest BCUT2D eigenvalue weighted by Gasteiger charge is 2.25. The van der Waals surface area contributed by atoms with Gasteiger partial charge in [-0.1, -0.05) is 75.0 Å². The Morgan fingerprint density at radius 3 is 2.45 bits per heavy atom. The van der Waals surface area contributed by atoms with Crippen LogP contribution >= 0.6 is 11.8 Å². The molecule has 8 heteroatoms. The van der Waals surface area contributed by atoms with Crippen LogP contribution in [0, 0.1) is 0 Å². The van der Waals surface area contributed by atoms with Gasteiger partial charge in [-0.3, -0.25) is 9.69 Å². The number of carbonyl (C=O) groups is 1. The van der Waals surface area contributed by atoms with Gasteiger partial charge in [0.1, 0.15) is 0 Å². The number of carbonyl (C=O) groups excluding carboxylic acids is 1. The number of nitrogen functional groups attached to an aromatic ring is 1. The van der Waals surface area contributed by atoms with Gasteiger partial charge in [0.15, 0.2) is 5.82 Å². The number of rotatable bonds is 5. The average molecular weight is 439 g/mol. The third-order valence-corrected chi connectivity index (χ3v) is 6.59. The van der Waals surface area contributed by atoms with E-state index >= 15 is 0 Å². The molecule has 31 heavy (non-hydrogen) atoms. The fraction of sp³-hybridized carbons (Fsp3) is 0.435. The second kappa shape index (κ2) is 8.88. The first kappa shape index (κ1) is 21.6. The van der Waals surface area contributed by atoms with Gasteiger partial charge >= 0.3 is 0 Å². The number of amides is 1. The third kappa shape index (κ3) is 4.85. The molecular weight excluding hydrogens is 408 g/mol. The van der Waals surface area contributed by atoms with E-state index in [4.69, 9.17) is 5.84 Å². The van der Waals surface area contributed by atoms with Gasteiger partial charge in [0, 0.05) is 38.1 Å². The monoisotopic (exact) mass is 438 g/mol. The van der Waals surface area contributed by atoms with Crippen LogP contribution in [0.4, 0.5) is 0 Å². The molecule has 1 aromatic heterocycles. The van der Waals surface area contributed by atoms with E-state index in [1.807, 2.05) is 25.7 Å². The van der Waals surface area contributed by atoms with Crippen molar-refractivity contribution in [2.75, 3.05) is 37.8 Å². The van der Waals surface area contributed by atoms with Gasteiger partial charge in [0.2, 0.25) is 11.1 Å². The smallest absolute Gasteiger partial charge is 0.233 e. The molecule has 1 aliphatic heterocycles. The van der Waals surface area contributed by atoms with E-state index in [9.17, 15) is 4.79 Å². The summed E-state index contributed by atoms with van der Waals surface area (Å²) >= 11 is 1.35. The van der Waals surface area contributed by atoms with Crippen molar-refractivity contribution in [3.63, 3.8) is 0 Å². The highest BCUT2D eigenvalue weighted by molar-refractivity contribution is 7.99. The topological polar surface area (TPSA) is 80.3 Å². The van der Waals surface area contributed by atoms with Crippen molar-refractivity contribution >= 4 is 28.4 Å². The van der Waals surface area contributed by atoms with Crippen LogP contribution in [0.15, 0.2) is 47.6 Å². The predicted molar refractivity (Wildman–Crippen MR) is 125 cm³/mol. The van der Waals surface area contributed by atoms with E-state index in [-0.39, 0.29) is 11.3 Å².